The molecule has 0 saturated heterocycles. The Balaban J connectivity index is 2.26. The van der Waals surface area contributed by atoms with Gasteiger partial charge in [-0.25, -0.2) is 0 Å². The minimum Gasteiger partial charge on any atom is -0.379 e. The Bertz CT molecular complexity index is 325. The molecule has 3 heteroatoms. The minimum atomic E-state index is -0.0542. The SMILES string of the molecule is COC(C)(C)CCNCc1cccc(Cl)c1. The third-order valence-electron chi connectivity index (χ3n) is 2.67. The lowest BCUT2D eigenvalue weighted by Gasteiger charge is -2.22. The molecule has 0 saturated carbocycles. The summed E-state index contributed by atoms with van der Waals surface area (Å²) in [6.07, 6.45) is 0.990. The average molecular weight is 242 g/mol. The van der Waals surface area contributed by atoms with Crippen molar-refractivity contribution in [3.05, 3.63) is 34.9 Å². The van der Waals surface area contributed by atoms with Crippen LogP contribution in [0.2, 0.25) is 5.02 Å². The predicted molar refractivity (Wildman–Crippen MR) is 68.9 cm³/mol. The van der Waals surface area contributed by atoms with Gasteiger partial charge in [-0.05, 0) is 44.5 Å². The second kappa shape index (κ2) is 6.24. The predicted octanol–water partition coefficient (Wildman–Crippen LogP) is 3.24. The largest absolute Gasteiger partial charge is 0.379 e. The standard InChI is InChI=1S/C13H20ClNO/c1-13(2,16-3)7-8-15-10-11-5-4-6-12(14)9-11/h4-6,9,15H,7-8,10H2,1-3H3. The first-order valence-corrected chi connectivity index (χ1v) is 5.91. The van der Waals surface area contributed by atoms with Crippen LogP contribution in [0.3, 0.4) is 0 Å². The number of benzene rings is 1. The minimum absolute atomic E-state index is 0.0542. The van der Waals surface area contributed by atoms with Gasteiger partial charge in [0.2, 0.25) is 0 Å². The summed E-state index contributed by atoms with van der Waals surface area (Å²) in [6.45, 7) is 5.97. The fourth-order valence-electron chi connectivity index (χ4n) is 1.37. The summed E-state index contributed by atoms with van der Waals surface area (Å²) >= 11 is 5.90. The van der Waals surface area contributed by atoms with E-state index in [1.54, 1.807) is 7.11 Å². The quantitative estimate of drug-likeness (QED) is 0.772. The lowest BCUT2D eigenvalue weighted by Crippen LogP contribution is -2.28. The highest BCUT2D eigenvalue weighted by Crippen LogP contribution is 2.12. The van der Waals surface area contributed by atoms with Crippen LogP contribution in [0, 0.1) is 0 Å². The Morgan fingerprint density at radius 2 is 2.12 bits per heavy atom. The molecule has 0 spiro atoms. The van der Waals surface area contributed by atoms with Crippen LogP contribution in [0.15, 0.2) is 24.3 Å². The lowest BCUT2D eigenvalue weighted by atomic mass is 10.1. The van der Waals surface area contributed by atoms with Gasteiger partial charge in [0.05, 0.1) is 5.60 Å². The fraction of sp³-hybridized carbons (Fsp3) is 0.538. The Morgan fingerprint density at radius 3 is 2.75 bits per heavy atom. The lowest BCUT2D eigenvalue weighted by molar-refractivity contribution is 0.0158. The van der Waals surface area contributed by atoms with Crippen LogP contribution >= 0.6 is 11.6 Å². The van der Waals surface area contributed by atoms with Gasteiger partial charge in [-0.2, -0.15) is 0 Å². The highest BCUT2D eigenvalue weighted by molar-refractivity contribution is 6.30. The van der Waals surface area contributed by atoms with Crippen LogP contribution in [-0.4, -0.2) is 19.3 Å². The molecule has 0 atom stereocenters. The summed E-state index contributed by atoms with van der Waals surface area (Å²) in [6, 6.07) is 7.91. The maximum absolute atomic E-state index is 5.90. The first-order valence-electron chi connectivity index (χ1n) is 5.54. The second-order valence-corrected chi connectivity index (χ2v) is 4.96. The molecule has 0 unspecified atom stereocenters. The molecule has 0 aromatic heterocycles. The van der Waals surface area contributed by atoms with E-state index >= 15 is 0 Å². The first kappa shape index (κ1) is 13.5. The molecule has 2 nitrogen and oxygen atoms in total. The highest BCUT2D eigenvalue weighted by atomic mass is 35.5. The van der Waals surface area contributed by atoms with Crippen molar-refractivity contribution < 1.29 is 4.74 Å². The van der Waals surface area contributed by atoms with E-state index in [9.17, 15) is 0 Å². The number of rotatable bonds is 6. The molecule has 1 N–H and O–H groups in total. The van der Waals surface area contributed by atoms with E-state index in [1.807, 2.05) is 18.2 Å². The van der Waals surface area contributed by atoms with E-state index in [2.05, 4.69) is 25.2 Å². The van der Waals surface area contributed by atoms with Crippen LogP contribution in [0.1, 0.15) is 25.8 Å². The average Bonchev–Trinajstić information content (AvgIpc) is 2.25. The van der Waals surface area contributed by atoms with Crippen LogP contribution in [0.5, 0.6) is 0 Å². The molecule has 0 aliphatic carbocycles. The van der Waals surface area contributed by atoms with Crippen LogP contribution in [0.4, 0.5) is 0 Å². The molecule has 0 amide bonds. The van der Waals surface area contributed by atoms with Gasteiger partial charge in [-0.3, -0.25) is 0 Å². The monoisotopic (exact) mass is 241 g/mol. The molecule has 0 aliphatic heterocycles. The second-order valence-electron chi connectivity index (χ2n) is 4.52. The van der Waals surface area contributed by atoms with Gasteiger partial charge < -0.3 is 10.1 Å². The van der Waals surface area contributed by atoms with E-state index in [1.165, 1.54) is 5.56 Å². The number of halogens is 1. The van der Waals surface area contributed by atoms with Crippen molar-refractivity contribution in [1.29, 1.82) is 0 Å². The van der Waals surface area contributed by atoms with E-state index in [0.29, 0.717) is 0 Å². The van der Waals surface area contributed by atoms with Gasteiger partial charge >= 0.3 is 0 Å². The molecule has 16 heavy (non-hydrogen) atoms. The topological polar surface area (TPSA) is 21.3 Å². The van der Waals surface area contributed by atoms with Crippen molar-refractivity contribution in [3.63, 3.8) is 0 Å². The number of ether oxygens (including phenoxy) is 1. The van der Waals surface area contributed by atoms with Gasteiger partial charge in [0.25, 0.3) is 0 Å². The summed E-state index contributed by atoms with van der Waals surface area (Å²) < 4.78 is 5.35. The Hall–Kier alpha value is -0.570. The van der Waals surface area contributed by atoms with Gasteiger partial charge in [-0.15, -0.1) is 0 Å². The van der Waals surface area contributed by atoms with Gasteiger partial charge in [0.1, 0.15) is 0 Å². The number of methoxy groups -OCH3 is 1. The van der Waals surface area contributed by atoms with E-state index in [0.717, 1.165) is 24.5 Å². The number of hydrogen-bond donors (Lipinski definition) is 1. The summed E-state index contributed by atoms with van der Waals surface area (Å²) in [4.78, 5) is 0. The highest BCUT2D eigenvalue weighted by Gasteiger charge is 2.14. The van der Waals surface area contributed by atoms with E-state index in [4.69, 9.17) is 16.3 Å². The van der Waals surface area contributed by atoms with Crippen molar-refractivity contribution in [2.45, 2.75) is 32.4 Å². The molecule has 0 aliphatic rings. The molecular weight excluding hydrogens is 222 g/mol. The van der Waals surface area contributed by atoms with Gasteiger partial charge in [0, 0.05) is 18.7 Å². The van der Waals surface area contributed by atoms with Gasteiger partial charge in [-0.1, -0.05) is 23.7 Å². The van der Waals surface area contributed by atoms with Crippen molar-refractivity contribution in [1.82, 2.24) is 5.32 Å². The van der Waals surface area contributed by atoms with E-state index < -0.39 is 0 Å². The van der Waals surface area contributed by atoms with E-state index in [-0.39, 0.29) is 5.60 Å². The zero-order valence-corrected chi connectivity index (χ0v) is 11.0. The third kappa shape index (κ3) is 4.97. The number of hydrogen-bond acceptors (Lipinski definition) is 2. The molecule has 0 heterocycles. The van der Waals surface area contributed by atoms with Crippen molar-refractivity contribution >= 4 is 11.6 Å². The van der Waals surface area contributed by atoms with Crippen molar-refractivity contribution in [3.8, 4) is 0 Å². The molecule has 1 rings (SSSR count). The van der Waals surface area contributed by atoms with Crippen LogP contribution < -0.4 is 5.32 Å². The molecule has 0 bridgehead atoms. The summed E-state index contributed by atoms with van der Waals surface area (Å²) in [5, 5.41) is 4.17. The Morgan fingerprint density at radius 1 is 1.38 bits per heavy atom. The molecule has 0 fully saturated rings. The Labute approximate surface area is 103 Å². The zero-order chi connectivity index (χ0) is 12.0. The third-order valence-corrected chi connectivity index (χ3v) is 2.91. The molecule has 0 radical (unpaired) electrons. The van der Waals surface area contributed by atoms with Crippen LogP contribution in [-0.2, 0) is 11.3 Å². The maximum atomic E-state index is 5.90. The Kier molecular flexibility index (Phi) is 5.26. The normalized spacial score (nSPS) is 11.8. The number of nitrogens with one attached hydrogen (secondary N) is 1. The summed E-state index contributed by atoms with van der Waals surface area (Å²) in [5.41, 5.74) is 1.16. The van der Waals surface area contributed by atoms with Crippen molar-refractivity contribution in [2.24, 2.45) is 0 Å². The molecular formula is C13H20ClNO. The van der Waals surface area contributed by atoms with Crippen molar-refractivity contribution in [2.75, 3.05) is 13.7 Å². The maximum Gasteiger partial charge on any atom is 0.0634 e. The first-order chi connectivity index (χ1) is 7.53. The molecule has 90 valence electrons. The molecule has 1 aromatic carbocycles. The molecule has 1 aromatic rings. The van der Waals surface area contributed by atoms with Gasteiger partial charge in [0.15, 0.2) is 0 Å². The summed E-state index contributed by atoms with van der Waals surface area (Å²) in [5.74, 6) is 0. The fourth-order valence-corrected chi connectivity index (χ4v) is 1.58. The summed E-state index contributed by atoms with van der Waals surface area (Å²) in [7, 11) is 1.75. The smallest absolute Gasteiger partial charge is 0.0634 e. The zero-order valence-electron chi connectivity index (χ0n) is 10.2. The van der Waals surface area contributed by atoms with Crippen LogP contribution in [0.25, 0.3) is 0 Å².